The summed E-state index contributed by atoms with van der Waals surface area (Å²) >= 11 is 0. The lowest BCUT2D eigenvalue weighted by Gasteiger charge is -2.36. The summed E-state index contributed by atoms with van der Waals surface area (Å²) in [5.74, 6) is 1.18. The van der Waals surface area contributed by atoms with Crippen LogP contribution in [0.15, 0.2) is 42.6 Å². The van der Waals surface area contributed by atoms with Gasteiger partial charge in [0.1, 0.15) is 11.6 Å². The number of piperidine rings is 1. The Morgan fingerprint density at radius 1 is 0.969 bits per heavy atom. The first-order valence-electron chi connectivity index (χ1n) is 11.2. The maximum Gasteiger partial charge on any atom is 0.129 e. The fraction of sp³-hybridized carbons (Fsp3) is 0.400. The van der Waals surface area contributed by atoms with Gasteiger partial charge in [-0.3, -0.25) is 4.68 Å². The molecule has 2 N–H and O–H groups in total. The van der Waals surface area contributed by atoms with Gasteiger partial charge in [-0.05, 0) is 63.9 Å². The Labute approximate surface area is 188 Å². The second kappa shape index (κ2) is 7.74. The summed E-state index contributed by atoms with van der Waals surface area (Å²) < 4.78 is 1.75. The van der Waals surface area contributed by atoms with E-state index in [0.29, 0.717) is 11.6 Å². The van der Waals surface area contributed by atoms with Crippen molar-refractivity contribution in [2.24, 2.45) is 7.05 Å². The van der Waals surface area contributed by atoms with Crippen LogP contribution in [0.1, 0.15) is 33.6 Å². The SMILES string of the molecule is Cn1cc2cc(-c3ccc4nc(N5CCC(NC(C)(C)C)CC5)ccc4n3)c(O)cc2n1. The van der Waals surface area contributed by atoms with Gasteiger partial charge in [0.25, 0.3) is 0 Å². The Hall–Kier alpha value is -3.19. The van der Waals surface area contributed by atoms with Gasteiger partial charge in [-0.2, -0.15) is 5.10 Å². The minimum atomic E-state index is 0.146. The molecule has 7 nitrogen and oxygen atoms in total. The van der Waals surface area contributed by atoms with E-state index >= 15 is 0 Å². The molecular formula is C25H30N6O. The molecule has 4 heterocycles. The number of aromatic nitrogens is 4. The number of phenolic OH excluding ortho intramolecular Hbond substituents is 1. The molecule has 1 aliphatic heterocycles. The highest BCUT2D eigenvalue weighted by Gasteiger charge is 2.23. The molecule has 0 aliphatic carbocycles. The van der Waals surface area contributed by atoms with Crippen molar-refractivity contribution < 1.29 is 5.11 Å². The Kier molecular flexibility index (Phi) is 5.01. The molecule has 0 unspecified atom stereocenters. The molecule has 0 atom stereocenters. The maximum absolute atomic E-state index is 10.5. The molecule has 32 heavy (non-hydrogen) atoms. The number of hydrogen-bond donors (Lipinski definition) is 2. The van der Waals surface area contributed by atoms with Crippen molar-refractivity contribution in [3.8, 4) is 17.0 Å². The Bertz CT molecular complexity index is 1280. The number of fused-ring (bicyclic) bond motifs is 2. The Morgan fingerprint density at radius 2 is 1.69 bits per heavy atom. The van der Waals surface area contributed by atoms with E-state index in [1.807, 2.05) is 37.5 Å². The van der Waals surface area contributed by atoms with Gasteiger partial charge in [0.05, 0.1) is 22.2 Å². The zero-order chi connectivity index (χ0) is 22.5. The summed E-state index contributed by atoms with van der Waals surface area (Å²) in [6, 6.07) is 12.2. The number of aryl methyl sites for hydroxylation is 1. The van der Waals surface area contributed by atoms with Gasteiger partial charge >= 0.3 is 0 Å². The summed E-state index contributed by atoms with van der Waals surface area (Å²) in [6.45, 7) is 8.66. The highest BCUT2D eigenvalue weighted by atomic mass is 16.3. The molecule has 0 bridgehead atoms. The molecule has 7 heteroatoms. The van der Waals surface area contributed by atoms with Gasteiger partial charge in [0.2, 0.25) is 0 Å². The molecule has 1 aliphatic rings. The number of aromatic hydroxyl groups is 1. The van der Waals surface area contributed by atoms with Gasteiger partial charge in [-0.25, -0.2) is 9.97 Å². The molecule has 0 amide bonds. The number of benzene rings is 1. The number of nitrogens with zero attached hydrogens (tertiary/aromatic N) is 5. The predicted molar refractivity (Wildman–Crippen MR) is 129 cm³/mol. The number of pyridine rings is 2. The van der Waals surface area contributed by atoms with Crippen LogP contribution >= 0.6 is 0 Å². The summed E-state index contributed by atoms with van der Waals surface area (Å²) in [5.41, 5.74) is 4.02. The molecule has 1 fully saturated rings. The largest absolute Gasteiger partial charge is 0.507 e. The lowest BCUT2D eigenvalue weighted by atomic mass is 10.00. The van der Waals surface area contributed by atoms with Gasteiger partial charge in [-0.15, -0.1) is 0 Å². The number of phenols is 1. The van der Waals surface area contributed by atoms with Crippen LogP contribution < -0.4 is 10.2 Å². The molecule has 5 rings (SSSR count). The molecule has 1 aromatic carbocycles. The summed E-state index contributed by atoms with van der Waals surface area (Å²) in [5, 5.41) is 19.6. The molecular weight excluding hydrogens is 400 g/mol. The lowest BCUT2D eigenvalue weighted by Crippen LogP contribution is -2.49. The van der Waals surface area contributed by atoms with Crippen LogP contribution in [0.3, 0.4) is 0 Å². The number of nitrogens with one attached hydrogen (secondary N) is 1. The summed E-state index contributed by atoms with van der Waals surface area (Å²) in [7, 11) is 1.87. The molecule has 0 saturated carbocycles. The molecule has 1 saturated heterocycles. The molecule has 4 aromatic rings. The van der Waals surface area contributed by atoms with Crippen molar-refractivity contribution in [2.75, 3.05) is 18.0 Å². The maximum atomic E-state index is 10.5. The van der Waals surface area contributed by atoms with E-state index < -0.39 is 0 Å². The Morgan fingerprint density at radius 3 is 2.44 bits per heavy atom. The monoisotopic (exact) mass is 430 g/mol. The third-order valence-electron chi connectivity index (χ3n) is 6.00. The number of rotatable bonds is 3. The van der Waals surface area contributed by atoms with Crippen molar-refractivity contribution in [3.05, 3.63) is 42.6 Å². The van der Waals surface area contributed by atoms with Crippen LogP contribution in [0.2, 0.25) is 0 Å². The molecule has 0 spiro atoms. The average molecular weight is 431 g/mol. The normalized spacial score (nSPS) is 15.7. The van der Waals surface area contributed by atoms with Crippen molar-refractivity contribution in [1.29, 1.82) is 0 Å². The summed E-state index contributed by atoms with van der Waals surface area (Å²) in [4.78, 5) is 12.0. The van der Waals surface area contributed by atoms with E-state index in [1.165, 1.54) is 0 Å². The molecule has 166 valence electrons. The average Bonchev–Trinajstić information content (AvgIpc) is 3.10. The molecule has 3 aromatic heterocycles. The zero-order valence-corrected chi connectivity index (χ0v) is 19.1. The topological polar surface area (TPSA) is 79.1 Å². The van der Waals surface area contributed by atoms with Crippen LogP contribution in [0.25, 0.3) is 33.2 Å². The smallest absolute Gasteiger partial charge is 0.129 e. The fourth-order valence-corrected chi connectivity index (χ4v) is 4.58. The zero-order valence-electron chi connectivity index (χ0n) is 19.1. The molecule has 0 radical (unpaired) electrons. The first-order chi connectivity index (χ1) is 15.2. The number of anilines is 1. The second-order valence-corrected chi connectivity index (χ2v) is 9.79. The van der Waals surface area contributed by atoms with E-state index in [9.17, 15) is 5.11 Å². The standard InChI is InChI=1S/C25H30N6O/c1-25(2,3)28-17-9-11-31(12-10-17)24-8-7-20-21(27-24)6-5-19(26-20)18-13-16-15-30(4)29-22(16)14-23(18)32/h5-8,13-15,17,28,32H,9-12H2,1-4H3. The van der Waals surface area contributed by atoms with Gasteiger partial charge < -0.3 is 15.3 Å². The van der Waals surface area contributed by atoms with Crippen molar-refractivity contribution >= 4 is 27.8 Å². The minimum Gasteiger partial charge on any atom is -0.507 e. The predicted octanol–water partition coefficient (Wildman–Crippen LogP) is 4.25. The second-order valence-electron chi connectivity index (χ2n) is 9.79. The van der Waals surface area contributed by atoms with E-state index in [1.54, 1.807) is 10.7 Å². The first kappa shape index (κ1) is 20.7. The highest BCUT2D eigenvalue weighted by Crippen LogP contribution is 2.33. The van der Waals surface area contributed by atoms with E-state index in [2.05, 4.69) is 42.2 Å². The van der Waals surface area contributed by atoms with Crippen LogP contribution in [0.4, 0.5) is 5.82 Å². The van der Waals surface area contributed by atoms with Gasteiger partial charge in [0.15, 0.2) is 0 Å². The van der Waals surface area contributed by atoms with Crippen LogP contribution in [0.5, 0.6) is 5.75 Å². The van der Waals surface area contributed by atoms with Crippen LogP contribution in [-0.4, -0.2) is 49.5 Å². The van der Waals surface area contributed by atoms with Crippen molar-refractivity contribution in [3.63, 3.8) is 0 Å². The first-order valence-corrected chi connectivity index (χ1v) is 11.2. The third kappa shape index (κ3) is 4.12. The fourth-order valence-electron chi connectivity index (χ4n) is 4.58. The van der Waals surface area contributed by atoms with Crippen LogP contribution in [-0.2, 0) is 7.05 Å². The van der Waals surface area contributed by atoms with E-state index in [0.717, 1.165) is 59.4 Å². The van der Waals surface area contributed by atoms with Crippen LogP contribution in [0, 0.1) is 0 Å². The quantitative estimate of drug-likeness (QED) is 0.506. The van der Waals surface area contributed by atoms with Gasteiger partial charge in [0, 0.05) is 54.9 Å². The van der Waals surface area contributed by atoms with E-state index in [-0.39, 0.29) is 11.3 Å². The van der Waals surface area contributed by atoms with Crippen molar-refractivity contribution in [2.45, 2.75) is 45.2 Å². The minimum absolute atomic E-state index is 0.146. The Balaban J connectivity index is 1.38. The highest BCUT2D eigenvalue weighted by molar-refractivity contribution is 5.88. The lowest BCUT2D eigenvalue weighted by molar-refractivity contribution is 0.316. The van der Waals surface area contributed by atoms with Crippen molar-refractivity contribution in [1.82, 2.24) is 25.1 Å². The number of hydrogen-bond acceptors (Lipinski definition) is 6. The summed E-state index contributed by atoms with van der Waals surface area (Å²) in [6.07, 6.45) is 4.17. The third-order valence-corrected chi connectivity index (χ3v) is 6.00. The van der Waals surface area contributed by atoms with E-state index in [4.69, 9.17) is 9.97 Å². The van der Waals surface area contributed by atoms with Gasteiger partial charge in [-0.1, -0.05) is 0 Å².